The number of ether oxygens (including phenoxy) is 1. The van der Waals surface area contributed by atoms with Gasteiger partial charge in [-0.3, -0.25) is 0 Å². The maximum absolute atomic E-state index is 6.86. The average molecular weight is 744 g/mol. The van der Waals surface area contributed by atoms with Gasteiger partial charge in [0, 0.05) is 61.3 Å². The molecule has 0 saturated heterocycles. The molecule has 0 spiro atoms. The Hall–Kier alpha value is -5.66. The van der Waals surface area contributed by atoms with E-state index in [0.29, 0.717) is 0 Å². The summed E-state index contributed by atoms with van der Waals surface area (Å²) in [5.74, 6) is 1.87. The van der Waals surface area contributed by atoms with Crippen LogP contribution in [0.3, 0.4) is 0 Å². The van der Waals surface area contributed by atoms with Crippen LogP contribution >= 0.6 is 33.1 Å². The number of rotatable bonds is 3. The summed E-state index contributed by atoms with van der Waals surface area (Å²) in [7, 11) is -1.92. The van der Waals surface area contributed by atoms with Crippen LogP contribution in [0.1, 0.15) is 0 Å². The molecule has 0 atom stereocenters. The Balaban J connectivity index is 1.10. The molecule has 254 valence electrons. The molecule has 12 rings (SSSR count). The van der Waals surface area contributed by atoms with E-state index >= 15 is 0 Å². The first-order chi connectivity index (χ1) is 26.8. The van der Waals surface area contributed by atoms with E-state index in [2.05, 4.69) is 187 Å². The van der Waals surface area contributed by atoms with E-state index in [1.807, 2.05) is 23.1 Å². The van der Waals surface area contributed by atoms with Gasteiger partial charge in [0.1, 0.15) is 11.5 Å². The van der Waals surface area contributed by atoms with E-state index in [1.165, 1.54) is 77.3 Å². The monoisotopic (exact) mass is 743 g/mol. The van der Waals surface area contributed by atoms with Crippen molar-refractivity contribution in [2.24, 2.45) is 0 Å². The van der Waals surface area contributed by atoms with Crippen molar-refractivity contribution in [1.29, 1.82) is 0 Å². The standard InChI is InChI=1S/C48H30BNOS3/c1-2-13-32(14-3-1)54(33-26-28-43-35(30-33)34-15-4-8-20-42(34)52-43)46-23-10-6-17-38(46)50(39-18-7-11-24-47(39)54)31-25-27-36-41(29-31)51-40-19-12-22-45-48(40)49(36)37-16-5-9-21-44(37)53-45/h1-30H. The maximum Gasteiger partial charge on any atom is 0.253 e. The molecule has 9 aromatic rings. The fourth-order valence-electron chi connectivity index (χ4n) is 9.00. The van der Waals surface area contributed by atoms with Gasteiger partial charge in [-0.2, -0.15) is 0 Å². The van der Waals surface area contributed by atoms with E-state index in [1.54, 1.807) is 0 Å². The number of anilines is 3. The fourth-order valence-corrected chi connectivity index (χ4v) is 15.4. The summed E-state index contributed by atoms with van der Waals surface area (Å²) in [5.41, 5.74) is 7.32. The summed E-state index contributed by atoms with van der Waals surface area (Å²) < 4.78 is 9.51. The van der Waals surface area contributed by atoms with Gasteiger partial charge in [0.2, 0.25) is 0 Å². The molecular weight excluding hydrogens is 714 g/mol. The van der Waals surface area contributed by atoms with Gasteiger partial charge in [0.25, 0.3) is 6.71 Å². The van der Waals surface area contributed by atoms with Crippen LogP contribution in [0, 0.1) is 0 Å². The molecule has 3 aliphatic rings. The normalized spacial score (nSPS) is 15.0. The number of hydrogen-bond acceptors (Lipinski definition) is 4. The molecule has 0 fully saturated rings. The van der Waals surface area contributed by atoms with Gasteiger partial charge in [-0.15, -0.1) is 21.4 Å². The SMILES string of the molecule is c1ccc(S2(c3ccc4sc5ccccc5c4c3)c3ccccc3N(c3ccc4c(c3)Oc3cccc5c3B4c3ccccc3S5)c3ccccc32)cc1. The lowest BCUT2D eigenvalue weighted by atomic mass is 9.35. The minimum absolute atomic E-state index is 0.130. The molecule has 3 aliphatic heterocycles. The molecule has 0 N–H and O–H groups in total. The number of thiophene rings is 1. The molecule has 0 radical (unpaired) electrons. The summed E-state index contributed by atoms with van der Waals surface area (Å²) in [5, 5.41) is 2.65. The topological polar surface area (TPSA) is 12.5 Å². The van der Waals surface area contributed by atoms with Gasteiger partial charge >= 0.3 is 0 Å². The minimum Gasteiger partial charge on any atom is -0.458 e. The third kappa shape index (κ3) is 4.22. The molecule has 0 bridgehead atoms. The zero-order valence-corrected chi connectivity index (χ0v) is 31.4. The van der Waals surface area contributed by atoms with Gasteiger partial charge < -0.3 is 9.64 Å². The van der Waals surface area contributed by atoms with Crippen LogP contribution in [-0.2, 0) is 0 Å². The molecule has 6 heteroatoms. The van der Waals surface area contributed by atoms with E-state index in [9.17, 15) is 0 Å². The van der Waals surface area contributed by atoms with Crippen LogP contribution in [0.4, 0.5) is 17.1 Å². The van der Waals surface area contributed by atoms with Crippen molar-refractivity contribution in [3.8, 4) is 11.5 Å². The molecule has 0 saturated carbocycles. The Kier molecular flexibility index (Phi) is 6.65. The largest absolute Gasteiger partial charge is 0.458 e. The van der Waals surface area contributed by atoms with Gasteiger partial charge in [0.05, 0.1) is 11.4 Å². The molecule has 0 amide bonds. The number of para-hydroxylation sites is 2. The van der Waals surface area contributed by atoms with Crippen LogP contribution in [0.15, 0.2) is 211 Å². The molecule has 4 heterocycles. The van der Waals surface area contributed by atoms with Gasteiger partial charge in [-0.1, -0.05) is 108 Å². The second kappa shape index (κ2) is 11.7. The van der Waals surface area contributed by atoms with Crippen molar-refractivity contribution >= 4 is 93.5 Å². The smallest absolute Gasteiger partial charge is 0.253 e. The second-order valence-corrected chi connectivity index (χ2v) is 19.2. The molecule has 8 aromatic carbocycles. The average Bonchev–Trinajstić information content (AvgIpc) is 3.61. The van der Waals surface area contributed by atoms with E-state index < -0.39 is 10.0 Å². The Morgan fingerprint density at radius 1 is 0.481 bits per heavy atom. The van der Waals surface area contributed by atoms with Gasteiger partial charge in [-0.25, -0.2) is 0 Å². The number of benzene rings is 8. The lowest BCUT2D eigenvalue weighted by molar-refractivity contribution is 0.486. The predicted molar refractivity (Wildman–Crippen MR) is 229 cm³/mol. The fraction of sp³-hybridized carbons (Fsp3) is 0. The Morgan fingerprint density at radius 2 is 1.19 bits per heavy atom. The summed E-state index contributed by atoms with van der Waals surface area (Å²) in [6.45, 7) is 0.130. The van der Waals surface area contributed by atoms with Crippen molar-refractivity contribution in [2.75, 3.05) is 4.90 Å². The number of nitrogens with zero attached hydrogens (tertiary/aromatic N) is 1. The highest BCUT2D eigenvalue weighted by molar-refractivity contribution is 8.34. The molecule has 2 nitrogen and oxygen atoms in total. The predicted octanol–water partition coefficient (Wildman–Crippen LogP) is 12.3. The maximum atomic E-state index is 6.86. The van der Waals surface area contributed by atoms with Crippen molar-refractivity contribution < 1.29 is 4.74 Å². The van der Waals surface area contributed by atoms with Crippen LogP contribution in [0.2, 0.25) is 0 Å². The summed E-state index contributed by atoms with van der Waals surface area (Å²) >= 11 is 3.72. The van der Waals surface area contributed by atoms with Gasteiger partial charge in [0.15, 0.2) is 0 Å². The summed E-state index contributed by atoms with van der Waals surface area (Å²) in [6.07, 6.45) is 0. The third-order valence-corrected chi connectivity index (χ3v) is 17.5. The van der Waals surface area contributed by atoms with Crippen LogP contribution < -0.4 is 26.0 Å². The Bertz CT molecular complexity index is 2950. The zero-order chi connectivity index (χ0) is 35.4. The zero-order valence-electron chi connectivity index (χ0n) is 29.0. The molecule has 54 heavy (non-hydrogen) atoms. The quantitative estimate of drug-likeness (QED) is 0.167. The Morgan fingerprint density at radius 3 is 2.04 bits per heavy atom. The summed E-state index contributed by atoms with van der Waals surface area (Å²) in [4.78, 5) is 10.4. The van der Waals surface area contributed by atoms with E-state index in [-0.39, 0.29) is 6.71 Å². The van der Waals surface area contributed by atoms with Gasteiger partial charge in [-0.05, 0) is 95.9 Å². The van der Waals surface area contributed by atoms with Crippen molar-refractivity contribution in [3.05, 3.63) is 182 Å². The molecule has 0 aliphatic carbocycles. The summed E-state index contributed by atoms with van der Waals surface area (Å²) in [6, 6.07) is 67.7. The highest BCUT2D eigenvalue weighted by atomic mass is 32.3. The van der Waals surface area contributed by atoms with Crippen molar-refractivity contribution in [1.82, 2.24) is 0 Å². The van der Waals surface area contributed by atoms with Crippen LogP contribution in [0.25, 0.3) is 20.2 Å². The van der Waals surface area contributed by atoms with Crippen LogP contribution in [0.5, 0.6) is 11.5 Å². The minimum atomic E-state index is -1.92. The van der Waals surface area contributed by atoms with Crippen LogP contribution in [-0.4, -0.2) is 6.71 Å². The van der Waals surface area contributed by atoms with Crippen molar-refractivity contribution in [2.45, 2.75) is 29.4 Å². The Labute approximate surface area is 324 Å². The second-order valence-electron chi connectivity index (χ2n) is 14.0. The first-order valence-electron chi connectivity index (χ1n) is 18.3. The van der Waals surface area contributed by atoms with E-state index in [4.69, 9.17) is 4.74 Å². The van der Waals surface area contributed by atoms with Crippen molar-refractivity contribution in [3.63, 3.8) is 0 Å². The number of hydrogen-bond donors (Lipinski definition) is 0. The molecular formula is C48H30BNOS3. The highest BCUT2D eigenvalue weighted by Crippen LogP contribution is 2.79. The lowest BCUT2D eigenvalue weighted by Gasteiger charge is -2.50. The first kappa shape index (κ1) is 30.8. The lowest BCUT2D eigenvalue weighted by Crippen LogP contribution is -2.57. The number of fused-ring (bicyclic) bond motifs is 9. The molecule has 1 aromatic heterocycles. The first-order valence-corrected chi connectivity index (χ1v) is 21.5. The molecule has 0 unspecified atom stereocenters. The third-order valence-electron chi connectivity index (χ3n) is 11.2. The van der Waals surface area contributed by atoms with E-state index in [0.717, 1.165) is 17.2 Å². The highest BCUT2D eigenvalue weighted by Gasteiger charge is 2.44.